The summed E-state index contributed by atoms with van der Waals surface area (Å²) in [7, 11) is 0. The number of para-hydroxylation sites is 1. The van der Waals surface area contributed by atoms with Crippen molar-refractivity contribution in [2.75, 3.05) is 0 Å². The van der Waals surface area contributed by atoms with Crippen LogP contribution < -0.4 is 11.1 Å². The molecule has 150 valence electrons. The van der Waals surface area contributed by atoms with Gasteiger partial charge in [0.15, 0.2) is 0 Å². The molecule has 1 amide bonds. The second-order valence-electron chi connectivity index (χ2n) is 6.42. The molecular formula is C21H18F3N3O2. The van der Waals surface area contributed by atoms with Gasteiger partial charge in [-0.15, -0.1) is 0 Å². The molecule has 3 aromatic rings. The van der Waals surface area contributed by atoms with Crippen molar-refractivity contribution in [2.24, 2.45) is 5.73 Å². The number of hydrogen-bond donors (Lipinski definition) is 3. The molecule has 0 saturated carbocycles. The summed E-state index contributed by atoms with van der Waals surface area (Å²) in [6.07, 6.45) is -1.45. The highest BCUT2D eigenvalue weighted by Crippen LogP contribution is 2.36. The molecule has 29 heavy (non-hydrogen) atoms. The monoisotopic (exact) mass is 401 g/mol. The number of nitrogens with zero attached hydrogens (tertiary/aromatic N) is 1. The van der Waals surface area contributed by atoms with Crippen LogP contribution in [0.5, 0.6) is 5.75 Å². The van der Waals surface area contributed by atoms with Gasteiger partial charge in [0.25, 0.3) is 5.91 Å². The Morgan fingerprint density at radius 3 is 2.66 bits per heavy atom. The number of amides is 1. The quantitative estimate of drug-likeness (QED) is 0.583. The Bertz CT molecular complexity index is 1090. The number of aromatic nitrogens is 1. The van der Waals surface area contributed by atoms with Gasteiger partial charge < -0.3 is 16.2 Å². The summed E-state index contributed by atoms with van der Waals surface area (Å²) in [5.41, 5.74) is 6.96. The van der Waals surface area contributed by atoms with E-state index in [2.05, 4.69) is 16.9 Å². The first-order chi connectivity index (χ1) is 13.7. The molecule has 0 bridgehead atoms. The standard InChI is InChI=1S/C21H18F3N3O2/c1-2-13-10-27-19-14(4-3-5-15(19)20(25)29)16(13)11-26-9-12-6-7-18(28)17(8-12)21(22,23)24/h2-8,10,26,28H,1,9,11H2,(H2,25,29). The van der Waals surface area contributed by atoms with Crippen LogP contribution in [0.4, 0.5) is 13.2 Å². The van der Waals surface area contributed by atoms with Gasteiger partial charge in [-0.3, -0.25) is 9.78 Å². The smallest absolute Gasteiger partial charge is 0.419 e. The molecule has 4 N–H and O–H groups in total. The molecule has 1 heterocycles. The lowest BCUT2D eigenvalue weighted by molar-refractivity contribution is -0.138. The van der Waals surface area contributed by atoms with E-state index in [1.54, 1.807) is 30.5 Å². The number of carbonyl (C=O) groups excluding carboxylic acids is 1. The van der Waals surface area contributed by atoms with E-state index in [0.29, 0.717) is 23.0 Å². The maximum Gasteiger partial charge on any atom is 0.419 e. The minimum Gasteiger partial charge on any atom is -0.507 e. The SMILES string of the molecule is C=Cc1cnc2c(C(N)=O)cccc2c1CNCc1ccc(O)c(C(F)(F)F)c1. The molecular weight excluding hydrogens is 383 g/mol. The van der Waals surface area contributed by atoms with Gasteiger partial charge in [0.2, 0.25) is 0 Å². The minimum atomic E-state index is -4.64. The maximum atomic E-state index is 13.0. The van der Waals surface area contributed by atoms with Crippen molar-refractivity contribution in [3.05, 3.63) is 77.0 Å². The number of phenolic OH excluding ortho intramolecular Hbond substituents is 1. The summed E-state index contributed by atoms with van der Waals surface area (Å²) >= 11 is 0. The van der Waals surface area contributed by atoms with E-state index < -0.39 is 23.4 Å². The number of nitrogens with one attached hydrogen (secondary N) is 1. The third-order valence-electron chi connectivity index (χ3n) is 4.52. The van der Waals surface area contributed by atoms with E-state index >= 15 is 0 Å². The number of carbonyl (C=O) groups is 1. The van der Waals surface area contributed by atoms with Gasteiger partial charge in [-0.1, -0.05) is 30.9 Å². The number of benzene rings is 2. The van der Waals surface area contributed by atoms with Gasteiger partial charge in [-0.05, 0) is 34.9 Å². The number of primary amides is 1. The van der Waals surface area contributed by atoms with Crippen LogP contribution >= 0.6 is 0 Å². The van der Waals surface area contributed by atoms with Crippen molar-refractivity contribution in [3.8, 4) is 5.75 Å². The van der Waals surface area contributed by atoms with Crippen molar-refractivity contribution < 1.29 is 23.1 Å². The van der Waals surface area contributed by atoms with Gasteiger partial charge in [0.05, 0.1) is 16.6 Å². The zero-order valence-corrected chi connectivity index (χ0v) is 15.3. The number of fused-ring (bicyclic) bond motifs is 1. The van der Waals surface area contributed by atoms with Gasteiger partial charge in [0, 0.05) is 24.7 Å². The third kappa shape index (κ3) is 4.22. The Balaban J connectivity index is 1.89. The van der Waals surface area contributed by atoms with Crippen molar-refractivity contribution in [2.45, 2.75) is 19.3 Å². The van der Waals surface area contributed by atoms with E-state index in [4.69, 9.17) is 5.73 Å². The molecule has 8 heteroatoms. The molecule has 5 nitrogen and oxygen atoms in total. The molecule has 0 fully saturated rings. The lowest BCUT2D eigenvalue weighted by Crippen LogP contribution is -2.16. The van der Waals surface area contributed by atoms with Crippen LogP contribution in [0.1, 0.15) is 32.6 Å². The summed E-state index contributed by atoms with van der Waals surface area (Å²) in [6, 6.07) is 8.42. The Hall–Kier alpha value is -3.39. The van der Waals surface area contributed by atoms with Gasteiger partial charge in [-0.2, -0.15) is 13.2 Å². The Morgan fingerprint density at radius 2 is 2.00 bits per heavy atom. The van der Waals surface area contributed by atoms with Crippen LogP contribution in [-0.4, -0.2) is 16.0 Å². The van der Waals surface area contributed by atoms with Crippen molar-refractivity contribution in [1.29, 1.82) is 0 Å². The second-order valence-corrected chi connectivity index (χ2v) is 6.42. The Labute approximate surface area is 164 Å². The van der Waals surface area contributed by atoms with Crippen molar-refractivity contribution in [3.63, 3.8) is 0 Å². The number of pyridine rings is 1. The molecule has 0 atom stereocenters. The summed E-state index contributed by atoms with van der Waals surface area (Å²) < 4.78 is 38.9. The predicted molar refractivity (Wildman–Crippen MR) is 104 cm³/mol. The number of hydrogen-bond acceptors (Lipinski definition) is 4. The van der Waals surface area contributed by atoms with E-state index in [9.17, 15) is 23.1 Å². The molecule has 0 unspecified atom stereocenters. The number of phenols is 1. The maximum absolute atomic E-state index is 13.0. The molecule has 0 spiro atoms. The van der Waals surface area contributed by atoms with Crippen LogP contribution in [0.15, 0.2) is 49.2 Å². The molecule has 0 saturated heterocycles. The molecule has 2 aromatic carbocycles. The summed E-state index contributed by atoms with van der Waals surface area (Å²) in [5, 5.41) is 13.2. The lowest BCUT2D eigenvalue weighted by Gasteiger charge is -2.14. The van der Waals surface area contributed by atoms with Crippen LogP contribution in [0.2, 0.25) is 0 Å². The van der Waals surface area contributed by atoms with Gasteiger partial charge >= 0.3 is 6.18 Å². The van der Waals surface area contributed by atoms with Crippen LogP contribution in [0, 0.1) is 0 Å². The normalized spacial score (nSPS) is 11.6. The molecule has 3 rings (SSSR count). The molecule has 0 aliphatic heterocycles. The zero-order valence-electron chi connectivity index (χ0n) is 15.3. The number of alkyl halides is 3. The highest BCUT2D eigenvalue weighted by Gasteiger charge is 2.33. The highest BCUT2D eigenvalue weighted by atomic mass is 19.4. The van der Waals surface area contributed by atoms with E-state index in [-0.39, 0.29) is 12.1 Å². The topological polar surface area (TPSA) is 88.2 Å². The Morgan fingerprint density at radius 1 is 1.24 bits per heavy atom. The van der Waals surface area contributed by atoms with Crippen LogP contribution in [0.25, 0.3) is 17.0 Å². The zero-order chi connectivity index (χ0) is 21.2. The number of aromatic hydroxyl groups is 1. The first-order valence-electron chi connectivity index (χ1n) is 8.65. The average molecular weight is 401 g/mol. The van der Waals surface area contributed by atoms with Crippen LogP contribution in [-0.2, 0) is 19.3 Å². The fourth-order valence-corrected chi connectivity index (χ4v) is 3.12. The number of halogens is 3. The first kappa shape index (κ1) is 20.3. The Kier molecular flexibility index (Phi) is 5.56. The highest BCUT2D eigenvalue weighted by molar-refractivity contribution is 6.05. The molecule has 0 radical (unpaired) electrons. The first-order valence-corrected chi connectivity index (χ1v) is 8.65. The molecule has 1 aromatic heterocycles. The average Bonchev–Trinajstić information content (AvgIpc) is 2.67. The largest absolute Gasteiger partial charge is 0.507 e. The molecule has 0 aliphatic carbocycles. The minimum absolute atomic E-state index is 0.138. The summed E-state index contributed by atoms with van der Waals surface area (Å²) in [6.45, 7) is 4.19. The summed E-state index contributed by atoms with van der Waals surface area (Å²) in [5.74, 6) is -1.41. The molecule has 0 aliphatic rings. The van der Waals surface area contributed by atoms with E-state index in [1.165, 1.54) is 6.07 Å². The van der Waals surface area contributed by atoms with Crippen molar-refractivity contribution in [1.82, 2.24) is 10.3 Å². The van der Waals surface area contributed by atoms with E-state index in [0.717, 1.165) is 23.3 Å². The fourth-order valence-electron chi connectivity index (χ4n) is 3.12. The lowest BCUT2D eigenvalue weighted by atomic mass is 10.0. The number of nitrogens with two attached hydrogens (primary N) is 1. The van der Waals surface area contributed by atoms with Gasteiger partial charge in [0.1, 0.15) is 5.75 Å². The van der Waals surface area contributed by atoms with E-state index in [1.807, 2.05) is 0 Å². The predicted octanol–water partition coefficient (Wildman–Crippen LogP) is 3.99. The van der Waals surface area contributed by atoms with Gasteiger partial charge in [-0.25, -0.2) is 0 Å². The second kappa shape index (κ2) is 7.92. The third-order valence-corrected chi connectivity index (χ3v) is 4.52. The van der Waals surface area contributed by atoms with Crippen LogP contribution in [0.3, 0.4) is 0 Å². The fraction of sp³-hybridized carbons (Fsp3) is 0.143. The number of rotatable bonds is 6. The van der Waals surface area contributed by atoms with Crippen molar-refractivity contribution >= 4 is 22.9 Å². The summed E-state index contributed by atoms with van der Waals surface area (Å²) in [4.78, 5) is 16.0.